The van der Waals surface area contributed by atoms with Crippen molar-refractivity contribution in [1.29, 1.82) is 0 Å². The minimum absolute atomic E-state index is 0.0447. The Bertz CT molecular complexity index is 420. The molecule has 1 aromatic carbocycles. The lowest BCUT2D eigenvalue weighted by Crippen LogP contribution is -2.41. The molecule has 3 nitrogen and oxygen atoms in total. The van der Waals surface area contributed by atoms with Crippen LogP contribution in [0.3, 0.4) is 0 Å². The quantitative estimate of drug-likeness (QED) is 0.911. The van der Waals surface area contributed by atoms with Crippen LogP contribution in [0.2, 0.25) is 0 Å². The molecule has 1 aliphatic heterocycles. The number of benzene rings is 1. The van der Waals surface area contributed by atoms with Gasteiger partial charge >= 0.3 is 0 Å². The SMILES string of the molecule is C[C@@H](N)C(=O)N1CCC[C@@H]1c1ccccc1Br. The van der Waals surface area contributed by atoms with Crippen LogP contribution in [0.5, 0.6) is 0 Å². The van der Waals surface area contributed by atoms with E-state index in [4.69, 9.17) is 5.73 Å². The average molecular weight is 297 g/mol. The normalized spacial score (nSPS) is 21.6. The van der Waals surface area contributed by atoms with Crippen LogP contribution in [-0.2, 0) is 4.79 Å². The molecule has 1 aliphatic rings. The molecule has 0 unspecified atom stereocenters. The van der Waals surface area contributed by atoms with E-state index in [0.717, 1.165) is 23.9 Å². The number of nitrogens with zero attached hydrogens (tertiary/aromatic N) is 1. The second kappa shape index (κ2) is 5.19. The smallest absolute Gasteiger partial charge is 0.239 e. The van der Waals surface area contributed by atoms with Crippen LogP contribution in [0, 0.1) is 0 Å². The van der Waals surface area contributed by atoms with Crippen molar-refractivity contribution in [3.05, 3.63) is 34.3 Å². The summed E-state index contributed by atoms with van der Waals surface area (Å²) in [5, 5.41) is 0. The number of hydrogen-bond donors (Lipinski definition) is 1. The van der Waals surface area contributed by atoms with Crippen LogP contribution >= 0.6 is 15.9 Å². The van der Waals surface area contributed by atoms with Crippen LogP contribution in [0.15, 0.2) is 28.7 Å². The molecule has 0 bridgehead atoms. The summed E-state index contributed by atoms with van der Waals surface area (Å²) < 4.78 is 1.06. The minimum Gasteiger partial charge on any atom is -0.334 e. The molecule has 17 heavy (non-hydrogen) atoms. The zero-order chi connectivity index (χ0) is 12.4. The molecule has 1 aromatic rings. The molecule has 2 rings (SSSR count). The fraction of sp³-hybridized carbons (Fsp3) is 0.462. The van der Waals surface area contributed by atoms with E-state index in [1.54, 1.807) is 6.92 Å². The number of halogens is 1. The Hall–Kier alpha value is -0.870. The number of hydrogen-bond acceptors (Lipinski definition) is 2. The van der Waals surface area contributed by atoms with E-state index in [9.17, 15) is 4.79 Å². The molecule has 0 radical (unpaired) electrons. The van der Waals surface area contributed by atoms with E-state index in [-0.39, 0.29) is 11.9 Å². The van der Waals surface area contributed by atoms with Gasteiger partial charge in [-0.05, 0) is 31.4 Å². The third kappa shape index (κ3) is 2.53. The highest BCUT2D eigenvalue weighted by Gasteiger charge is 2.32. The number of likely N-dealkylation sites (tertiary alicyclic amines) is 1. The van der Waals surface area contributed by atoms with Crippen LogP contribution < -0.4 is 5.73 Å². The maximum absolute atomic E-state index is 12.0. The summed E-state index contributed by atoms with van der Waals surface area (Å²) in [6.07, 6.45) is 2.06. The second-order valence-electron chi connectivity index (χ2n) is 4.50. The first-order chi connectivity index (χ1) is 8.11. The summed E-state index contributed by atoms with van der Waals surface area (Å²) >= 11 is 3.55. The predicted molar refractivity (Wildman–Crippen MR) is 71.5 cm³/mol. The molecule has 1 fully saturated rings. The predicted octanol–water partition coefficient (Wildman–Crippen LogP) is 2.46. The molecule has 1 heterocycles. The van der Waals surface area contributed by atoms with Crippen LogP contribution in [0.4, 0.5) is 0 Å². The summed E-state index contributed by atoms with van der Waals surface area (Å²) in [4.78, 5) is 13.9. The van der Waals surface area contributed by atoms with Crippen molar-refractivity contribution in [3.8, 4) is 0 Å². The van der Waals surface area contributed by atoms with Gasteiger partial charge in [0.2, 0.25) is 5.91 Å². The molecule has 0 spiro atoms. The molecule has 2 atom stereocenters. The number of carbonyl (C=O) groups is 1. The van der Waals surface area contributed by atoms with E-state index in [1.807, 2.05) is 23.1 Å². The standard InChI is InChI=1S/C13H17BrN2O/c1-9(15)13(17)16-8-4-7-12(16)10-5-2-3-6-11(10)14/h2-3,5-6,9,12H,4,7-8,15H2,1H3/t9-,12-/m1/s1. The summed E-state index contributed by atoms with van der Waals surface area (Å²) in [6.45, 7) is 2.56. The Balaban J connectivity index is 2.26. The van der Waals surface area contributed by atoms with Crippen LogP contribution in [0.1, 0.15) is 31.4 Å². The number of carbonyl (C=O) groups excluding carboxylic acids is 1. The van der Waals surface area contributed by atoms with Crippen molar-refractivity contribution in [2.24, 2.45) is 5.73 Å². The highest BCUT2D eigenvalue weighted by molar-refractivity contribution is 9.10. The third-order valence-electron chi connectivity index (χ3n) is 3.19. The van der Waals surface area contributed by atoms with Gasteiger partial charge in [0.15, 0.2) is 0 Å². The van der Waals surface area contributed by atoms with Crippen molar-refractivity contribution in [2.45, 2.75) is 31.8 Å². The van der Waals surface area contributed by atoms with Gasteiger partial charge in [-0.25, -0.2) is 0 Å². The summed E-state index contributed by atoms with van der Waals surface area (Å²) in [6, 6.07) is 7.83. The molecule has 0 aliphatic carbocycles. The molecule has 4 heteroatoms. The summed E-state index contributed by atoms with van der Waals surface area (Å²) in [7, 11) is 0. The molecular formula is C13H17BrN2O. The van der Waals surface area contributed by atoms with Gasteiger partial charge in [-0.3, -0.25) is 4.79 Å². The summed E-state index contributed by atoms with van der Waals surface area (Å²) in [5.41, 5.74) is 6.87. The maximum atomic E-state index is 12.0. The van der Waals surface area contributed by atoms with Gasteiger partial charge in [-0.15, -0.1) is 0 Å². The van der Waals surface area contributed by atoms with Gasteiger partial charge in [0.25, 0.3) is 0 Å². The van der Waals surface area contributed by atoms with Gasteiger partial charge in [-0.2, -0.15) is 0 Å². The maximum Gasteiger partial charge on any atom is 0.239 e. The molecular weight excluding hydrogens is 280 g/mol. The van der Waals surface area contributed by atoms with E-state index >= 15 is 0 Å². The van der Waals surface area contributed by atoms with Gasteiger partial charge in [-0.1, -0.05) is 34.1 Å². The van der Waals surface area contributed by atoms with Crippen molar-refractivity contribution < 1.29 is 4.79 Å². The summed E-state index contributed by atoms with van der Waals surface area (Å²) in [5.74, 6) is 0.0447. The van der Waals surface area contributed by atoms with E-state index < -0.39 is 6.04 Å². The average Bonchev–Trinajstić information content (AvgIpc) is 2.77. The highest BCUT2D eigenvalue weighted by atomic mass is 79.9. The van der Waals surface area contributed by atoms with Crippen molar-refractivity contribution in [1.82, 2.24) is 4.90 Å². The van der Waals surface area contributed by atoms with E-state index in [1.165, 1.54) is 5.56 Å². The number of amides is 1. The monoisotopic (exact) mass is 296 g/mol. The van der Waals surface area contributed by atoms with Crippen molar-refractivity contribution >= 4 is 21.8 Å². The van der Waals surface area contributed by atoms with E-state index in [0.29, 0.717) is 0 Å². The molecule has 92 valence electrons. The number of nitrogens with two attached hydrogens (primary N) is 1. The van der Waals surface area contributed by atoms with Crippen LogP contribution in [-0.4, -0.2) is 23.4 Å². The number of rotatable bonds is 2. The van der Waals surface area contributed by atoms with Gasteiger partial charge in [0, 0.05) is 11.0 Å². The molecule has 1 saturated heterocycles. The van der Waals surface area contributed by atoms with Gasteiger partial charge < -0.3 is 10.6 Å². The third-order valence-corrected chi connectivity index (χ3v) is 3.91. The molecule has 1 amide bonds. The van der Waals surface area contributed by atoms with Crippen molar-refractivity contribution in [2.75, 3.05) is 6.54 Å². The Kier molecular flexibility index (Phi) is 3.84. The van der Waals surface area contributed by atoms with Crippen LogP contribution in [0.25, 0.3) is 0 Å². The lowest BCUT2D eigenvalue weighted by Gasteiger charge is -2.27. The van der Waals surface area contributed by atoms with E-state index in [2.05, 4.69) is 22.0 Å². The zero-order valence-corrected chi connectivity index (χ0v) is 11.5. The Morgan fingerprint density at radius 2 is 2.24 bits per heavy atom. The Morgan fingerprint density at radius 3 is 2.88 bits per heavy atom. The fourth-order valence-corrected chi connectivity index (χ4v) is 2.91. The molecule has 0 saturated carbocycles. The lowest BCUT2D eigenvalue weighted by atomic mass is 10.0. The second-order valence-corrected chi connectivity index (χ2v) is 5.35. The van der Waals surface area contributed by atoms with Crippen molar-refractivity contribution in [3.63, 3.8) is 0 Å². The highest BCUT2D eigenvalue weighted by Crippen LogP contribution is 2.35. The molecule has 2 N–H and O–H groups in total. The Labute approximate surface area is 110 Å². The first-order valence-corrected chi connectivity index (χ1v) is 6.71. The first-order valence-electron chi connectivity index (χ1n) is 5.91. The first kappa shape index (κ1) is 12.6. The lowest BCUT2D eigenvalue weighted by molar-refractivity contribution is -0.133. The van der Waals surface area contributed by atoms with Gasteiger partial charge in [0.05, 0.1) is 12.1 Å². The fourth-order valence-electron chi connectivity index (χ4n) is 2.36. The zero-order valence-electron chi connectivity index (χ0n) is 9.90. The topological polar surface area (TPSA) is 46.3 Å². The van der Waals surface area contributed by atoms with Gasteiger partial charge in [0.1, 0.15) is 0 Å². The Morgan fingerprint density at radius 1 is 1.53 bits per heavy atom. The largest absolute Gasteiger partial charge is 0.334 e. The minimum atomic E-state index is -0.418. The molecule has 0 aromatic heterocycles.